The summed E-state index contributed by atoms with van der Waals surface area (Å²) in [7, 11) is -9.65. The lowest BCUT2D eigenvalue weighted by atomic mass is 10.2. The SMILES string of the molecule is Cc1cccc(S(OS(=O)(=O)C(F)(F)F)(c2cccc(C)c2)c2ccc(OC(C)(C)C)cc2OC(C)(C)C)c1. The third-order valence-corrected chi connectivity index (χ3v) is 10.1. The van der Waals surface area contributed by atoms with Gasteiger partial charge in [0.25, 0.3) is 0 Å². The molecule has 0 aromatic heterocycles. The van der Waals surface area contributed by atoms with Crippen molar-refractivity contribution in [1.82, 2.24) is 0 Å². The summed E-state index contributed by atoms with van der Waals surface area (Å²) in [5.74, 6) is 0.561. The summed E-state index contributed by atoms with van der Waals surface area (Å²) in [5.41, 5.74) is -5.58. The lowest BCUT2D eigenvalue weighted by molar-refractivity contribution is -0.0496. The van der Waals surface area contributed by atoms with Crippen LogP contribution < -0.4 is 9.47 Å². The number of rotatable bonds is 7. The first-order valence-corrected chi connectivity index (χ1v) is 15.2. The first-order valence-electron chi connectivity index (χ1n) is 12.2. The molecule has 0 atom stereocenters. The summed E-state index contributed by atoms with van der Waals surface area (Å²) >= 11 is 0. The van der Waals surface area contributed by atoms with Crippen molar-refractivity contribution < 1.29 is 34.7 Å². The predicted octanol–water partition coefficient (Wildman–Crippen LogP) is 8.72. The van der Waals surface area contributed by atoms with Gasteiger partial charge in [0.15, 0.2) is 0 Å². The fourth-order valence-electron chi connectivity index (χ4n) is 3.82. The third-order valence-electron chi connectivity index (χ3n) is 5.18. The lowest BCUT2D eigenvalue weighted by Crippen LogP contribution is -2.29. The highest BCUT2D eigenvalue weighted by atomic mass is 32.3. The van der Waals surface area contributed by atoms with Gasteiger partial charge in [-0.1, -0.05) is 24.3 Å². The highest BCUT2D eigenvalue weighted by Crippen LogP contribution is 2.73. The average Bonchev–Trinajstić information content (AvgIpc) is 2.75. The van der Waals surface area contributed by atoms with E-state index in [1.165, 1.54) is 6.07 Å². The second kappa shape index (κ2) is 10.7. The Balaban J connectivity index is 2.53. The Labute approximate surface area is 230 Å². The first-order chi connectivity index (χ1) is 17.7. The molecule has 0 heterocycles. The highest BCUT2D eigenvalue weighted by Gasteiger charge is 2.53. The minimum Gasteiger partial charge on any atom is -0.488 e. The zero-order chi connectivity index (χ0) is 29.4. The molecule has 0 spiro atoms. The molecule has 0 saturated heterocycles. The van der Waals surface area contributed by atoms with Crippen LogP contribution in [0.25, 0.3) is 0 Å². The first kappa shape index (κ1) is 30.8. The average molecular weight is 585 g/mol. The number of aryl methyl sites for hydroxylation is 2. The normalized spacial score (nSPS) is 13.7. The van der Waals surface area contributed by atoms with Crippen molar-refractivity contribution in [1.29, 1.82) is 0 Å². The number of hydrogen-bond donors (Lipinski definition) is 0. The summed E-state index contributed by atoms with van der Waals surface area (Å²) in [5, 5.41) is 0. The van der Waals surface area contributed by atoms with Crippen LogP contribution in [-0.2, 0) is 13.7 Å². The number of ether oxygens (including phenoxy) is 2. The van der Waals surface area contributed by atoms with Gasteiger partial charge in [-0.15, -0.1) is 0 Å². The maximum Gasteiger partial charge on any atom is 0.524 e. The predicted molar refractivity (Wildman–Crippen MR) is 148 cm³/mol. The Morgan fingerprint density at radius 2 is 1.15 bits per heavy atom. The topological polar surface area (TPSA) is 61.8 Å². The van der Waals surface area contributed by atoms with Gasteiger partial charge in [0.2, 0.25) is 0 Å². The summed E-state index contributed by atoms with van der Waals surface area (Å²) in [6.45, 7) is 14.5. The zero-order valence-electron chi connectivity index (χ0n) is 23.3. The molecule has 10 heteroatoms. The van der Waals surface area contributed by atoms with Crippen LogP contribution in [0.15, 0.2) is 81.4 Å². The van der Waals surface area contributed by atoms with E-state index >= 15 is 0 Å². The van der Waals surface area contributed by atoms with Crippen molar-refractivity contribution in [3.63, 3.8) is 0 Å². The van der Waals surface area contributed by atoms with Gasteiger partial charge in [-0.3, -0.25) is 0 Å². The molecular formula is C29H35F3O5S2. The molecule has 0 N–H and O–H groups in total. The van der Waals surface area contributed by atoms with Gasteiger partial charge in [0.05, 0.1) is 4.90 Å². The fraction of sp³-hybridized carbons (Fsp3) is 0.379. The van der Waals surface area contributed by atoms with E-state index in [0.717, 1.165) is 11.1 Å². The molecule has 0 aliphatic rings. The van der Waals surface area contributed by atoms with Crippen molar-refractivity contribution in [2.24, 2.45) is 0 Å². The van der Waals surface area contributed by atoms with Crippen LogP contribution in [0.5, 0.6) is 11.5 Å². The minimum atomic E-state index is -6.07. The summed E-state index contributed by atoms with van der Waals surface area (Å²) < 4.78 is 85.2. The maximum atomic E-state index is 13.9. The Kier molecular flexibility index (Phi) is 8.47. The van der Waals surface area contributed by atoms with Crippen molar-refractivity contribution in [3.05, 3.63) is 77.9 Å². The van der Waals surface area contributed by atoms with E-state index in [1.54, 1.807) is 95.3 Å². The van der Waals surface area contributed by atoms with Gasteiger partial charge in [-0.05, 0) is 113 Å². The standard InChI is InChI=1S/C29H35F3O5S2/c1-20-11-9-13-23(17-20)38(24-14-10-12-21(2)18-24,37-39(33,34)29(30,31)32)26-16-15-22(35-27(3,4)5)19-25(26)36-28(6,7)8/h9-19H,1-8H3. The molecule has 3 rings (SSSR count). The van der Waals surface area contributed by atoms with Crippen LogP contribution in [0.4, 0.5) is 13.2 Å². The van der Waals surface area contributed by atoms with Gasteiger partial charge < -0.3 is 9.47 Å². The number of halogens is 3. The largest absolute Gasteiger partial charge is 0.524 e. The minimum absolute atomic E-state index is 0.152. The molecule has 0 unspecified atom stereocenters. The molecule has 0 aliphatic heterocycles. The van der Waals surface area contributed by atoms with Crippen LogP contribution in [0.1, 0.15) is 52.7 Å². The van der Waals surface area contributed by atoms with E-state index in [4.69, 9.17) is 13.1 Å². The molecule has 0 radical (unpaired) electrons. The molecular weight excluding hydrogens is 549 g/mol. The van der Waals surface area contributed by atoms with Crippen molar-refractivity contribution >= 4 is 20.4 Å². The Morgan fingerprint density at radius 1 is 0.667 bits per heavy atom. The Morgan fingerprint density at radius 3 is 1.56 bits per heavy atom. The van der Waals surface area contributed by atoms with E-state index in [2.05, 4.69) is 0 Å². The molecule has 3 aromatic rings. The molecule has 0 bridgehead atoms. The van der Waals surface area contributed by atoms with E-state index in [1.807, 2.05) is 20.8 Å². The molecule has 0 saturated carbocycles. The van der Waals surface area contributed by atoms with E-state index < -0.39 is 37.1 Å². The van der Waals surface area contributed by atoms with Gasteiger partial charge in [-0.25, -0.2) is 0 Å². The summed E-state index contributed by atoms with van der Waals surface area (Å²) in [6.07, 6.45) is 0. The molecule has 3 aromatic carbocycles. The summed E-state index contributed by atoms with van der Waals surface area (Å²) in [4.78, 5) is 0.691. The number of hydrogen-bond acceptors (Lipinski definition) is 5. The quantitative estimate of drug-likeness (QED) is 0.260. The molecule has 39 heavy (non-hydrogen) atoms. The summed E-state index contributed by atoms with van der Waals surface area (Å²) in [6, 6.07) is 18.0. The third kappa shape index (κ3) is 7.29. The number of benzene rings is 3. The van der Waals surface area contributed by atoms with E-state index in [-0.39, 0.29) is 20.4 Å². The molecule has 5 nitrogen and oxygen atoms in total. The highest BCUT2D eigenvalue weighted by molar-refractivity contribution is 8.33. The fourth-order valence-corrected chi connectivity index (χ4v) is 8.79. The van der Waals surface area contributed by atoms with Gasteiger partial charge >= 0.3 is 15.6 Å². The molecule has 0 fully saturated rings. The monoisotopic (exact) mass is 584 g/mol. The van der Waals surface area contributed by atoms with Gasteiger partial charge in [0, 0.05) is 15.9 Å². The van der Waals surface area contributed by atoms with Gasteiger partial charge in [0.1, 0.15) is 22.7 Å². The van der Waals surface area contributed by atoms with Crippen molar-refractivity contribution in [2.75, 3.05) is 0 Å². The lowest BCUT2D eigenvalue weighted by Gasteiger charge is -2.41. The Bertz CT molecular complexity index is 1390. The maximum absolute atomic E-state index is 13.9. The van der Waals surface area contributed by atoms with Crippen LogP contribution in [0.2, 0.25) is 0 Å². The van der Waals surface area contributed by atoms with Crippen LogP contribution in [-0.4, -0.2) is 25.1 Å². The van der Waals surface area contributed by atoms with Crippen LogP contribution in [0, 0.1) is 13.8 Å². The number of alkyl halides is 3. The second-order valence-electron chi connectivity index (χ2n) is 11.2. The van der Waals surface area contributed by atoms with Gasteiger partial charge in [-0.2, -0.15) is 25.2 Å². The molecule has 214 valence electrons. The van der Waals surface area contributed by atoms with E-state index in [0.29, 0.717) is 5.75 Å². The van der Waals surface area contributed by atoms with Crippen molar-refractivity contribution in [2.45, 2.75) is 86.8 Å². The van der Waals surface area contributed by atoms with Crippen LogP contribution >= 0.6 is 10.3 Å². The molecule has 0 amide bonds. The van der Waals surface area contributed by atoms with Crippen molar-refractivity contribution in [3.8, 4) is 11.5 Å². The second-order valence-corrected chi connectivity index (χ2v) is 15.6. The van der Waals surface area contributed by atoms with E-state index in [9.17, 15) is 21.6 Å². The zero-order valence-corrected chi connectivity index (χ0v) is 25.0. The molecule has 0 aliphatic carbocycles. The smallest absolute Gasteiger partial charge is 0.488 e. The van der Waals surface area contributed by atoms with Crippen LogP contribution in [0.3, 0.4) is 0 Å². The Hall–Kier alpha value is -2.69.